The van der Waals surface area contributed by atoms with Crippen LogP contribution in [0.4, 0.5) is 0 Å². The molecular weight excluding hydrogens is 306 g/mol. The van der Waals surface area contributed by atoms with Crippen LogP contribution >= 0.6 is 0 Å². The van der Waals surface area contributed by atoms with E-state index in [1.165, 1.54) is 25.7 Å². The highest BCUT2D eigenvalue weighted by atomic mass is 16.6. The topological polar surface area (TPSA) is 210 Å². The zero-order chi connectivity index (χ0) is 19.2. The standard InChI is InChI=1S/2C5H14N2.C2H7N.2HNO2/c1-2-3-4-5-7-6;6-4-2-1-3-5-7;1-3-2;2*2-1-3/h7H,2-6H2,1H3;1-7H2;3H,1-2H3;2*1H. The van der Waals surface area contributed by atoms with E-state index in [-0.39, 0.29) is 10.7 Å². The predicted octanol–water partition coefficient (Wildman–Crippen LogP) is -2.79. The highest BCUT2D eigenvalue weighted by Gasteiger charge is 1.80. The normalized spacial score (nSPS) is 7.57. The maximum absolute atomic E-state index is 8.12. The highest BCUT2D eigenvalue weighted by molar-refractivity contribution is 4.41. The zero-order valence-electron chi connectivity index (χ0n) is 14.7. The first-order valence-electron chi connectivity index (χ1n) is 7.48. The molecule has 0 amide bonds. The minimum Gasteiger partial charge on any atom is -0.330 e. The van der Waals surface area contributed by atoms with Crippen molar-refractivity contribution in [1.82, 2.24) is 10.7 Å². The lowest BCUT2D eigenvalue weighted by Crippen LogP contribution is -2.53. The summed E-state index contributed by atoms with van der Waals surface area (Å²) in [6.45, 7) is 4.74. The molecule has 0 rings (SSSR count). The fourth-order valence-electron chi connectivity index (χ4n) is 0.943. The number of hydrogen-bond acceptors (Lipinski definition) is 9. The third kappa shape index (κ3) is 164. The first-order valence-corrected chi connectivity index (χ1v) is 7.48. The van der Waals surface area contributed by atoms with Crippen LogP contribution in [-0.2, 0) is 0 Å². The second-order valence-corrected chi connectivity index (χ2v) is 3.97. The number of hydrazine groups is 1. The summed E-state index contributed by atoms with van der Waals surface area (Å²) in [5.74, 6) is 5.02. The van der Waals surface area contributed by atoms with Gasteiger partial charge in [-0.25, -0.2) is 0 Å². The molecule has 0 aromatic rings. The molecule has 11 nitrogen and oxygen atoms in total. The first kappa shape index (κ1) is 33.3. The molecule has 0 aromatic heterocycles. The van der Waals surface area contributed by atoms with Crippen LogP contribution in [0.25, 0.3) is 0 Å². The molecule has 144 valence electrons. The van der Waals surface area contributed by atoms with Gasteiger partial charge in [0.25, 0.3) is 0 Å². The fourth-order valence-corrected chi connectivity index (χ4v) is 0.943. The summed E-state index contributed by atoms with van der Waals surface area (Å²) in [5.41, 5.74) is 13.1. The summed E-state index contributed by atoms with van der Waals surface area (Å²) < 4.78 is 0. The molecule has 0 radical (unpaired) electrons. The lowest BCUT2D eigenvalue weighted by atomic mass is 10.2. The lowest BCUT2D eigenvalue weighted by Gasteiger charge is -1.93. The average Bonchev–Trinajstić information content (AvgIpc) is 2.51. The Balaban J connectivity index is -0.0000000630. The van der Waals surface area contributed by atoms with Gasteiger partial charge in [0.15, 0.2) is 0 Å². The Labute approximate surface area is 139 Å². The van der Waals surface area contributed by atoms with E-state index in [4.69, 9.17) is 37.5 Å². The van der Waals surface area contributed by atoms with E-state index in [2.05, 4.69) is 17.7 Å². The smallest absolute Gasteiger partial charge is 0.00974 e. The molecule has 0 unspecified atom stereocenters. The highest BCUT2D eigenvalue weighted by Crippen LogP contribution is 1.89. The van der Waals surface area contributed by atoms with Gasteiger partial charge in [-0.1, -0.05) is 26.2 Å². The minimum atomic E-state index is 0.250. The molecule has 0 aliphatic carbocycles. The lowest BCUT2D eigenvalue weighted by molar-refractivity contribution is -0.399. The van der Waals surface area contributed by atoms with E-state index in [1.54, 1.807) is 0 Å². The van der Waals surface area contributed by atoms with Crippen LogP contribution in [0, 0.1) is 20.2 Å². The van der Waals surface area contributed by atoms with Gasteiger partial charge in [0.1, 0.15) is 0 Å². The second-order valence-electron chi connectivity index (χ2n) is 3.97. The largest absolute Gasteiger partial charge is 0.330 e. The van der Waals surface area contributed by atoms with Gasteiger partial charge < -0.3 is 16.8 Å². The number of unbranched alkanes of at least 4 members (excludes halogenated alkanes) is 4. The van der Waals surface area contributed by atoms with Gasteiger partial charge in [0, 0.05) is 17.2 Å². The fraction of sp³-hybridized carbons (Fsp3) is 1.00. The summed E-state index contributed by atoms with van der Waals surface area (Å²) >= 11 is 0. The van der Waals surface area contributed by atoms with E-state index >= 15 is 0 Å². The Morgan fingerprint density at radius 2 is 1.22 bits per heavy atom. The molecular formula is C12H37N7O4. The van der Waals surface area contributed by atoms with Crippen molar-refractivity contribution in [3.63, 3.8) is 0 Å². The Hall–Kier alpha value is -1.40. The zero-order valence-corrected chi connectivity index (χ0v) is 14.7. The Morgan fingerprint density at radius 3 is 1.43 bits per heavy atom. The van der Waals surface area contributed by atoms with Gasteiger partial charge in [0.05, 0.1) is 0 Å². The number of rotatable bonds is 8. The van der Waals surface area contributed by atoms with E-state index in [1.807, 2.05) is 14.1 Å². The van der Waals surface area contributed by atoms with Crippen LogP contribution in [0.5, 0.6) is 0 Å². The molecule has 0 aliphatic heterocycles. The van der Waals surface area contributed by atoms with Gasteiger partial charge in [-0.05, 0) is 46.4 Å². The molecule has 23 heavy (non-hydrogen) atoms. The molecule has 0 saturated heterocycles. The number of nitrogens with one attached hydrogen (secondary N) is 4. The van der Waals surface area contributed by atoms with Crippen molar-refractivity contribution < 1.29 is 10.7 Å². The van der Waals surface area contributed by atoms with Crippen molar-refractivity contribution in [2.75, 3.05) is 33.7 Å². The Kier molecular flexibility index (Phi) is 85.1. The third-order valence-electron chi connectivity index (χ3n) is 1.83. The van der Waals surface area contributed by atoms with Crippen molar-refractivity contribution in [3.8, 4) is 0 Å². The Morgan fingerprint density at radius 1 is 0.870 bits per heavy atom. The molecule has 10 N–H and O–H groups in total. The SMILES string of the molecule is CCCCCNN.CNC.NCCCCCN.O=[NH+][O-].O=[NH+][O-]. The van der Waals surface area contributed by atoms with Crippen LogP contribution in [0.2, 0.25) is 0 Å². The molecule has 11 heteroatoms. The molecule has 0 aliphatic rings. The van der Waals surface area contributed by atoms with Crippen LogP contribution in [-0.4, -0.2) is 33.7 Å². The minimum absolute atomic E-state index is 0.250. The molecule has 0 heterocycles. The van der Waals surface area contributed by atoms with Crippen LogP contribution in [0.1, 0.15) is 45.4 Å². The van der Waals surface area contributed by atoms with Crippen LogP contribution in [0.15, 0.2) is 0 Å². The summed E-state index contributed by atoms with van der Waals surface area (Å²) in [6, 6.07) is 0. The third-order valence-corrected chi connectivity index (χ3v) is 1.83. The molecule has 0 spiro atoms. The van der Waals surface area contributed by atoms with Crippen LogP contribution in [0.3, 0.4) is 0 Å². The summed E-state index contributed by atoms with van der Waals surface area (Å²) in [6.07, 6.45) is 7.18. The van der Waals surface area contributed by atoms with Gasteiger partial charge in [-0.15, -0.1) is 0 Å². The Bertz CT molecular complexity index is 144. The van der Waals surface area contributed by atoms with E-state index in [9.17, 15) is 0 Å². The molecule has 0 bridgehead atoms. The van der Waals surface area contributed by atoms with Gasteiger partial charge >= 0.3 is 0 Å². The maximum atomic E-state index is 8.12. The monoisotopic (exact) mass is 343 g/mol. The summed E-state index contributed by atoms with van der Waals surface area (Å²) in [7, 11) is 3.75. The predicted molar refractivity (Wildman–Crippen MR) is 94.1 cm³/mol. The molecule has 0 atom stereocenters. The number of nitrogens with two attached hydrogens (primary N) is 3. The van der Waals surface area contributed by atoms with E-state index < -0.39 is 0 Å². The van der Waals surface area contributed by atoms with Gasteiger partial charge in [0.2, 0.25) is 0 Å². The van der Waals surface area contributed by atoms with Crippen molar-refractivity contribution in [3.05, 3.63) is 20.2 Å². The molecule has 0 saturated carbocycles. The second kappa shape index (κ2) is 58.8. The first-order chi connectivity index (χ1) is 11.1. The van der Waals surface area contributed by atoms with Crippen molar-refractivity contribution >= 4 is 0 Å². The average molecular weight is 343 g/mol. The van der Waals surface area contributed by atoms with Crippen LogP contribution < -0.4 is 38.7 Å². The number of hydrogen-bond donors (Lipinski definition) is 7. The summed E-state index contributed by atoms with van der Waals surface area (Å²) in [5, 5.41) is 19.5. The van der Waals surface area contributed by atoms with E-state index in [0.29, 0.717) is 0 Å². The maximum Gasteiger partial charge on any atom is 0.00974 e. The summed E-state index contributed by atoms with van der Waals surface area (Å²) in [4.78, 5) is 16.2. The molecule has 0 fully saturated rings. The van der Waals surface area contributed by atoms with Gasteiger partial charge in [-0.3, -0.25) is 31.5 Å². The van der Waals surface area contributed by atoms with E-state index in [0.717, 1.165) is 32.5 Å². The molecule has 0 aromatic carbocycles. The van der Waals surface area contributed by atoms with Gasteiger partial charge in [-0.2, -0.15) is 0 Å². The van der Waals surface area contributed by atoms with Crippen molar-refractivity contribution in [1.29, 1.82) is 0 Å². The quantitative estimate of drug-likeness (QED) is 0.105. The van der Waals surface area contributed by atoms with Crippen molar-refractivity contribution in [2.45, 2.75) is 45.4 Å². The van der Waals surface area contributed by atoms with Crippen molar-refractivity contribution in [2.24, 2.45) is 17.3 Å².